The second-order valence-corrected chi connectivity index (χ2v) is 7.21. The maximum atomic E-state index is 11.9. The van der Waals surface area contributed by atoms with Crippen molar-refractivity contribution in [3.8, 4) is 0 Å². The zero-order valence-corrected chi connectivity index (χ0v) is 16.5. The lowest BCUT2D eigenvalue weighted by Gasteiger charge is -2.36. The van der Waals surface area contributed by atoms with Gasteiger partial charge in [0.2, 0.25) is 5.91 Å². The topological polar surface area (TPSA) is 106 Å². The quantitative estimate of drug-likeness (QED) is 0.586. The second-order valence-electron chi connectivity index (χ2n) is 7.21. The minimum absolute atomic E-state index is 0.423. The fourth-order valence-electron chi connectivity index (χ4n) is 3.56. The Morgan fingerprint density at radius 1 is 1.07 bits per heavy atom. The zero-order valence-electron chi connectivity index (χ0n) is 16.5. The van der Waals surface area contributed by atoms with E-state index in [9.17, 15) is 4.79 Å². The minimum atomic E-state index is -0.638. The number of carbonyl (C=O) groups excluding carboxylic acids is 1. The van der Waals surface area contributed by atoms with E-state index >= 15 is 0 Å². The predicted octanol–water partition coefficient (Wildman–Crippen LogP) is 3.60. The molecule has 1 aliphatic rings. The molecular formula is C23H22N6O. The Kier molecular flexibility index (Phi) is 5.26. The number of hydrogen-bond acceptors (Lipinski definition) is 6. The van der Waals surface area contributed by atoms with Crippen LogP contribution in [0.1, 0.15) is 17.7 Å². The van der Waals surface area contributed by atoms with E-state index in [0.29, 0.717) is 12.0 Å². The number of aromatic nitrogens is 3. The minimum Gasteiger partial charge on any atom is -0.372 e. The highest BCUT2D eigenvalue weighted by atomic mass is 16.1. The van der Waals surface area contributed by atoms with Crippen molar-refractivity contribution >= 4 is 23.0 Å². The molecule has 7 nitrogen and oxygen atoms in total. The van der Waals surface area contributed by atoms with Gasteiger partial charge in [-0.2, -0.15) is 10.2 Å². The third-order valence-corrected chi connectivity index (χ3v) is 4.98. The average Bonchev–Trinajstić information content (AvgIpc) is 2.75. The number of rotatable bonds is 6. The van der Waals surface area contributed by atoms with Gasteiger partial charge in [-0.3, -0.25) is 9.78 Å². The van der Waals surface area contributed by atoms with Crippen LogP contribution in [0.15, 0.2) is 84.9 Å². The van der Waals surface area contributed by atoms with Gasteiger partial charge in [-0.15, -0.1) is 0 Å². The molecule has 0 fully saturated rings. The van der Waals surface area contributed by atoms with Crippen molar-refractivity contribution in [2.45, 2.75) is 18.9 Å². The summed E-state index contributed by atoms with van der Waals surface area (Å²) in [5.41, 5.74) is 10.1. The Morgan fingerprint density at radius 2 is 1.93 bits per heavy atom. The summed E-state index contributed by atoms with van der Waals surface area (Å²) >= 11 is 0. The molecule has 2 aromatic heterocycles. The number of aryl methyl sites for hydroxylation is 1. The largest absolute Gasteiger partial charge is 0.372 e. The molecule has 0 aliphatic heterocycles. The maximum Gasteiger partial charge on any atom is 0.244 e. The van der Waals surface area contributed by atoms with E-state index < -0.39 is 11.4 Å². The third-order valence-electron chi connectivity index (χ3n) is 4.98. The number of benzene rings is 1. The molecule has 4 N–H and O–H groups in total. The normalized spacial score (nSPS) is 17.8. The molecule has 0 spiro atoms. The average molecular weight is 398 g/mol. The lowest BCUT2D eigenvalue weighted by atomic mass is 9.80. The number of amides is 1. The van der Waals surface area contributed by atoms with Crippen molar-refractivity contribution in [1.82, 2.24) is 15.2 Å². The first-order valence-corrected chi connectivity index (χ1v) is 9.57. The molecule has 150 valence electrons. The molecule has 0 bridgehead atoms. The van der Waals surface area contributed by atoms with E-state index in [4.69, 9.17) is 5.73 Å². The summed E-state index contributed by atoms with van der Waals surface area (Å²) in [6, 6.07) is 13.8. The van der Waals surface area contributed by atoms with Crippen LogP contribution in [0, 0.1) is 6.92 Å². The van der Waals surface area contributed by atoms with Crippen molar-refractivity contribution in [2.24, 2.45) is 5.73 Å². The third kappa shape index (κ3) is 4.20. The van der Waals surface area contributed by atoms with Crippen molar-refractivity contribution in [1.29, 1.82) is 0 Å². The molecule has 1 aliphatic carbocycles. The van der Waals surface area contributed by atoms with Crippen molar-refractivity contribution in [3.05, 3.63) is 96.1 Å². The summed E-state index contributed by atoms with van der Waals surface area (Å²) < 4.78 is 0. The maximum absolute atomic E-state index is 11.9. The van der Waals surface area contributed by atoms with Crippen LogP contribution in [0.2, 0.25) is 0 Å². The van der Waals surface area contributed by atoms with Crippen LogP contribution in [-0.2, 0) is 10.3 Å². The zero-order chi connectivity index (χ0) is 21.0. The molecule has 30 heavy (non-hydrogen) atoms. The number of nitrogens with zero attached hydrogens (tertiary/aromatic N) is 3. The number of allylic oxidation sites excluding steroid dienone is 2. The fraction of sp³-hybridized carbons (Fsp3) is 0.130. The van der Waals surface area contributed by atoms with Crippen LogP contribution in [-0.4, -0.2) is 21.1 Å². The van der Waals surface area contributed by atoms with Gasteiger partial charge in [0.15, 0.2) is 0 Å². The number of hydrogen-bond donors (Lipinski definition) is 3. The van der Waals surface area contributed by atoms with Crippen LogP contribution < -0.4 is 16.4 Å². The summed E-state index contributed by atoms with van der Waals surface area (Å²) in [6.45, 7) is 1.94. The molecule has 1 amide bonds. The van der Waals surface area contributed by atoms with E-state index in [-0.39, 0.29) is 0 Å². The monoisotopic (exact) mass is 398 g/mol. The van der Waals surface area contributed by atoms with Gasteiger partial charge in [-0.05, 0) is 42.8 Å². The van der Waals surface area contributed by atoms with Gasteiger partial charge in [0.05, 0.1) is 23.6 Å². The van der Waals surface area contributed by atoms with E-state index in [1.54, 1.807) is 24.7 Å². The molecule has 0 saturated carbocycles. The van der Waals surface area contributed by atoms with Crippen molar-refractivity contribution in [3.63, 3.8) is 0 Å². The van der Waals surface area contributed by atoms with E-state index in [2.05, 4.69) is 38.0 Å². The molecule has 1 atom stereocenters. The van der Waals surface area contributed by atoms with E-state index in [1.807, 2.05) is 49.4 Å². The smallest absolute Gasteiger partial charge is 0.244 e. The molecule has 7 heteroatoms. The number of nitrogens with one attached hydrogen (secondary N) is 2. The summed E-state index contributed by atoms with van der Waals surface area (Å²) in [6.07, 6.45) is 11.2. The van der Waals surface area contributed by atoms with E-state index in [1.165, 1.54) is 0 Å². The summed E-state index contributed by atoms with van der Waals surface area (Å²) in [5, 5.41) is 14.6. The molecule has 1 unspecified atom stereocenters. The Morgan fingerprint density at radius 3 is 2.70 bits per heavy atom. The molecule has 3 aromatic rings. The number of carbonyl (C=O) groups is 1. The van der Waals surface area contributed by atoms with Crippen LogP contribution in [0.25, 0.3) is 0 Å². The number of anilines is 3. The Labute approximate surface area is 174 Å². The second kappa shape index (κ2) is 8.16. The van der Waals surface area contributed by atoms with Gasteiger partial charge in [0, 0.05) is 35.3 Å². The molecule has 0 radical (unpaired) electrons. The van der Waals surface area contributed by atoms with E-state index in [0.717, 1.165) is 28.3 Å². The van der Waals surface area contributed by atoms with Crippen LogP contribution in [0.3, 0.4) is 0 Å². The van der Waals surface area contributed by atoms with Crippen LogP contribution >= 0.6 is 0 Å². The van der Waals surface area contributed by atoms with Gasteiger partial charge in [0.1, 0.15) is 0 Å². The molecule has 1 aromatic carbocycles. The van der Waals surface area contributed by atoms with Gasteiger partial charge >= 0.3 is 0 Å². The molecule has 4 rings (SSSR count). The first-order chi connectivity index (χ1) is 14.5. The highest BCUT2D eigenvalue weighted by Crippen LogP contribution is 2.38. The van der Waals surface area contributed by atoms with Gasteiger partial charge in [-0.1, -0.05) is 30.4 Å². The summed E-state index contributed by atoms with van der Waals surface area (Å²) in [4.78, 5) is 16.2. The molecule has 2 heterocycles. The Bertz CT molecular complexity index is 1130. The Hall–Kier alpha value is -4.00. The number of primary amides is 1. The Balaban J connectivity index is 1.73. The van der Waals surface area contributed by atoms with Crippen LogP contribution in [0.5, 0.6) is 0 Å². The van der Waals surface area contributed by atoms with Gasteiger partial charge in [0.25, 0.3) is 0 Å². The van der Waals surface area contributed by atoms with Gasteiger partial charge < -0.3 is 16.4 Å². The lowest BCUT2D eigenvalue weighted by Crippen LogP contribution is -2.37. The standard InChI is InChI=1S/C23H22N6O/c1-16-12-20(7-10-25-16)29-23(9-3-4-17(14-23)22(24)30)18-5-2-6-19(13-18)28-21-8-11-26-27-15-21/h2-13,15H,14H2,1H3,(H2,24,30)(H,25,29)(H,26,28). The lowest BCUT2D eigenvalue weighted by molar-refractivity contribution is -0.114. The van der Waals surface area contributed by atoms with Crippen molar-refractivity contribution in [2.75, 3.05) is 10.6 Å². The molecular weight excluding hydrogens is 376 g/mol. The highest BCUT2D eigenvalue weighted by molar-refractivity contribution is 5.93. The SMILES string of the molecule is Cc1cc(NC2(c3cccc(Nc4ccnnc4)c3)C=CC=C(C(N)=O)C2)ccn1. The number of nitrogens with two attached hydrogens (primary N) is 1. The summed E-state index contributed by atoms with van der Waals surface area (Å²) in [7, 11) is 0. The first-order valence-electron chi connectivity index (χ1n) is 9.57. The first kappa shape index (κ1) is 19.3. The highest BCUT2D eigenvalue weighted by Gasteiger charge is 2.34. The van der Waals surface area contributed by atoms with Crippen LogP contribution in [0.4, 0.5) is 17.1 Å². The predicted molar refractivity (Wildman–Crippen MR) is 117 cm³/mol. The van der Waals surface area contributed by atoms with Crippen molar-refractivity contribution < 1.29 is 4.79 Å². The molecule has 0 saturated heterocycles. The van der Waals surface area contributed by atoms with Gasteiger partial charge in [-0.25, -0.2) is 0 Å². The summed E-state index contributed by atoms with van der Waals surface area (Å²) in [5.74, 6) is -0.423. The number of pyridine rings is 1. The fourth-order valence-corrected chi connectivity index (χ4v) is 3.56.